The van der Waals surface area contributed by atoms with Crippen LogP contribution in [0.15, 0.2) is 18.2 Å². The molecule has 1 aromatic carbocycles. The van der Waals surface area contributed by atoms with Gasteiger partial charge in [-0.15, -0.1) is 0 Å². The van der Waals surface area contributed by atoms with Gasteiger partial charge >= 0.3 is 0 Å². The number of carbonyl (C=O) groups is 2. The van der Waals surface area contributed by atoms with Crippen LogP contribution in [0.4, 0.5) is 0 Å². The normalized spacial score (nSPS) is 25.4. The third-order valence-electron chi connectivity index (χ3n) is 7.93. The number of rotatable bonds is 8. The highest BCUT2D eigenvalue weighted by Crippen LogP contribution is 2.41. The molecule has 1 saturated heterocycles. The summed E-state index contributed by atoms with van der Waals surface area (Å²) >= 11 is 0. The summed E-state index contributed by atoms with van der Waals surface area (Å²) in [5, 5.41) is 17.7. The molecule has 1 aliphatic heterocycles. The summed E-state index contributed by atoms with van der Waals surface area (Å²) in [6.07, 6.45) is 7.73. The molecule has 1 aromatic rings. The molecule has 0 unspecified atom stereocenters. The van der Waals surface area contributed by atoms with E-state index in [1.54, 1.807) is 14.0 Å². The topological polar surface area (TPSA) is 100 Å². The van der Waals surface area contributed by atoms with Crippen molar-refractivity contribution in [3.8, 4) is 5.75 Å². The third kappa shape index (κ3) is 10.4. The van der Waals surface area contributed by atoms with Crippen LogP contribution in [-0.4, -0.2) is 72.9 Å². The lowest BCUT2D eigenvalue weighted by Crippen LogP contribution is -2.54. The second-order valence-corrected chi connectivity index (χ2v) is 11.9. The number of aliphatic hydroxyl groups excluding tert-OH is 1. The van der Waals surface area contributed by atoms with Crippen molar-refractivity contribution in [2.45, 2.75) is 116 Å². The molecule has 4 atom stereocenters. The van der Waals surface area contributed by atoms with Gasteiger partial charge in [0.2, 0.25) is 11.8 Å². The van der Waals surface area contributed by atoms with E-state index in [4.69, 9.17) is 9.47 Å². The van der Waals surface area contributed by atoms with Gasteiger partial charge in [0.1, 0.15) is 18.4 Å². The van der Waals surface area contributed by atoms with Crippen LogP contribution in [0.1, 0.15) is 96.1 Å². The number of ether oxygens (including phenoxy) is 2. The summed E-state index contributed by atoms with van der Waals surface area (Å²) in [6.45, 7) is 9.39. The van der Waals surface area contributed by atoms with Crippen LogP contribution in [-0.2, 0) is 20.9 Å². The lowest BCUT2D eigenvalue weighted by atomic mass is 9.92. The Hall–Kier alpha value is -2.16. The lowest BCUT2D eigenvalue weighted by molar-refractivity contribution is -0.142. The Balaban J connectivity index is 1.65. The summed E-state index contributed by atoms with van der Waals surface area (Å²) in [5.74, 6) is 1.39. The minimum absolute atomic E-state index is 0.0222. The Morgan fingerprint density at radius 1 is 1.13 bits per heavy atom. The van der Waals surface area contributed by atoms with E-state index in [0.717, 1.165) is 43.4 Å². The smallest absolute Gasteiger partial charge is 0.248 e. The van der Waals surface area contributed by atoms with E-state index < -0.39 is 18.2 Å². The average molecular weight is 546 g/mol. The van der Waals surface area contributed by atoms with Gasteiger partial charge in [-0.05, 0) is 69.9 Å². The van der Waals surface area contributed by atoms with E-state index in [-0.39, 0.29) is 24.5 Å². The van der Waals surface area contributed by atoms with Gasteiger partial charge in [-0.1, -0.05) is 44.7 Å². The molecular weight excluding hydrogens is 494 g/mol. The number of amides is 2. The summed E-state index contributed by atoms with van der Waals surface area (Å²) < 4.78 is 11.6. The fourth-order valence-corrected chi connectivity index (χ4v) is 5.14. The Bertz CT molecular complexity index is 919. The molecule has 1 aliphatic carbocycles. The molecule has 39 heavy (non-hydrogen) atoms. The quantitative estimate of drug-likeness (QED) is 0.454. The molecule has 0 spiro atoms. The van der Waals surface area contributed by atoms with E-state index in [2.05, 4.69) is 35.8 Å². The molecule has 8 nitrogen and oxygen atoms in total. The molecule has 2 fully saturated rings. The molecular formula is C31H51N3O5. The number of aliphatic hydroxyl groups is 1. The van der Waals surface area contributed by atoms with E-state index in [1.165, 1.54) is 23.3 Å². The van der Waals surface area contributed by atoms with Crippen molar-refractivity contribution in [3.05, 3.63) is 29.3 Å². The maximum Gasteiger partial charge on any atom is 0.248 e. The molecule has 8 heteroatoms. The molecule has 3 rings (SSSR count). The van der Waals surface area contributed by atoms with Crippen LogP contribution < -0.4 is 15.4 Å². The average Bonchev–Trinajstić information content (AvgIpc) is 3.74. The van der Waals surface area contributed by atoms with Gasteiger partial charge in [0.05, 0.1) is 18.2 Å². The molecule has 0 aromatic heterocycles. The monoisotopic (exact) mass is 545 g/mol. The van der Waals surface area contributed by atoms with Crippen LogP contribution in [0.2, 0.25) is 0 Å². The summed E-state index contributed by atoms with van der Waals surface area (Å²) in [7, 11) is 1.63. The van der Waals surface area contributed by atoms with Crippen molar-refractivity contribution in [2.75, 3.05) is 26.8 Å². The predicted molar refractivity (Wildman–Crippen MR) is 154 cm³/mol. The van der Waals surface area contributed by atoms with E-state index in [1.807, 2.05) is 13.8 Å². The van der Waals surface area contributed by atoms with Crippen LogP contribution in [0.5, 0.6) is 5.75 Å². The first-order chi connectivity index (χ1) is 18.7. The Morgan fingerprint density at radius 2 is 1.87 bits per heavy atom. The number of nitrogens with zero attached hydrogens (tertiary/aromatic N) is 1. The zero-order chi connectivity index (χ0) is 28.4. The lowest BCUT2D eigenvalue weighted by Gasteiger charge is -2.31. The number of hydrogen-bond acceptors (Lipinski definition) is 6. The van der Waals surface area contributed by atoms with Gasteiger partial charge in [-0.25, -0.2) is 0 Å². The third-order valence-corrected chi connectivity index (χ3v) is 7.93. The minimum atomic E-state index is -0.770. The Morgan fingerprint density at radius 3 is 2.59 bits per heavy atom. The van der Waals surface area contributed by atoms with Crippen molar-refractivity contribution in [3.63, 3.8) is 0 Å². The zero-order valence-corrected chi connectivity index (χ0v) is 24.7. The van der Waals surface area contributed by atoms with Gasteiger partial charge < -0.3 is 30.1 Å². The highest BCUT2D eigenvalue weighted by Gasteiger charge is 2.29. The molecule has 2 amide bonds. The van der Waals surface area contributed by atoms with Crippen molar-refractivity contribution in [2.24, 2.45) is 5.92 Å². The molecule has 1 heterocycles. The Labute approximate surface area is 235 Å². The summed E-state index contributed by atoms with van der Waals surface area (Å²) in [5.41, 5.74) is 2.44. The first-order valence-corrected chi connectivity index (χ1v) is 15.0. The first kappa shape index (κ1) is 31.4. The number of carbonyl (C=O) groups excluding carboxylic acids is 2. The fraction of sp³-hybridized carbons (Fsp3) is 0.742. The van der Waals surface area contributed by atoms with E-state index >= 15 is 0 Å². The highest BCUT2D eigenvalue weighted by atomic mass is 16.5. The van der Waals surface area contributed by atoms with Gasteiger partial charge in [-0.2, -0.15) is 0 Å². The van der Waals surface area contributed by atoms with Gasteiger partial charge in [0.25, 0.3) is 0 Å². The second-order valence-electron chi connectivity index (χ2n) is 11.9. The summed E-state index contributed by atoms with van der Waals surface area (Å²) in [4.78, 5) is 27.1. The van der Waals surface area contributed by atoms with Crippen LogP contribution in [0.25, 0.3) is 0 Å². The SMILES string of the molecule is CC(C)Oc1ccc(C2CC2)cc1CNC[C@@H](O)[C@@H]1C[C@H](C)CCCCCCOCC(=O)N(C)[C@@H](C)C(=O)N1. The highest BCUT2D eigenvalue weighted by molar-refractivity contribution is 5.87. The molecule has 220 valence electrons. The molecule has 3 N–H and O–H groups in total. The van der Waals surface area contributed by atoms with E-state index in [9.17, 15) is 14.7 Å². The Kier molecular flexibility index (Phi) is 12.5. The molecule has 0 radical (unpaired) electrons. The fourth-order valence-electron chi connectivity index (χ4n) is 5.14. The van der Waals surface area contributed by atoms with Crippen molar-refractivity contribution in [1.29, 1.82) is 0 Å². The second kappa shape index (κ2) is 15.6. The minimum Gasteiger partial charge on any atom is -0.491 e. The largest absolute Gasteiger partial charge is 0.491 e. The van der Waals surface area contributed by atoms with Crippen molar-refractivity contribution >= 4 is 11.8 Å². The maximum absolute atomic E-state index is 13.1. The first-order valence-electron chi connectivity index (χ1n) is 15.0. The number of nitrogens with one attached hydrogen (secondary N) is 2. The van der Waals surface area contributed by atoms with E-state index in [0.29, 0.717) is 38.0 Å². The van der Waals surface area contributed by atoms with Crippen molar-refractivity contribution in [1.82, 2.24) is 15.5 Å². The van der Waals surface area contributed by atoms with Crippen LogP contribution in [0.3, 0.4) is 0 Å². The maximum atomic E-state index is 13.1. The zero-order valence-electron chi connectivity index (χ0n) is 24.7. The van der Waals surface area contributed by atoms with Gasteiger partial charge in [-0.3, -0.25) is 9.59 Å². The number of hydrogen-bond donors (Lipinski definition) is 3. The van der Waals surface area contributed by atoms with Gasteiger partial charge in [0, 0.05) is 32.3 Å². The standard InChI is InChI=1S/C31H51N3O5/c1-21(2)39-29-14-13-25(24-11-12-24)17-26(29)18-32-19-28(35)27-16-22(3)10-8-6-7-9-15-38-20-30(36)34(5)23(4)31(37)33-27/h13-14,17,21-24,27-28,32,35H,6-12,15-16,18-20H2,1-5H3,(H,33,37)/t22-,23+,27+,28-/m1/s1. The van der Waals surface area contributed by atoms with Crippen molar-refractivity contribution < 1.29 is 24.2 Å². The van der Waals surface area contributed by atoms with Crippen LogP contribution >= 0.6 is 0 Å². The van der Waals surface area contributed by atoms with Crippen LogP contribution in [0, 0.1) is 5.92 Å². The number of likely N-dealkylation sites (N-methyl/N-ethyl adjacent to an activating group) is 1. The molecule has 0 bridgehead atoms. The molecule has 1 saturated carbocycles. The predicted octanol–water partition coefficient (Wildman–Crippen LogP) is 4.14. The van der Waals surface area contributed by atoms with Gasteiger partial charge in [0.15, 0.2) is 0 Å². The summed E-state index contributed by atoms with van der Waals surface area (Å²) in [6, 6.07) is 5.38. The number of benzene rings is 1. The molecule has 2 aliphatic rings.